The summed E-state index contributed by atoms with van der Waals surface area (Å²) in [5, 5.41) is 0. The summed E-state index contributed by atoms with van der Waals surface area (Å²) in [7, 11) is 0. The van der Waals surface area contributed by atoms with Crippen LogP contribution < -0.4 is 10.5 Å². The van der Waals surface area contributed by atoms with E-state index >= 15 is 0 Å². The third-order valence-electron chi connectivity index (χ3n) is 4.39. The molecule has 110 valence electrons. The van der Waals surface area contributed by atoms with Crippen molar-refractivity contribution in [3.8, 4) is 5.75 Å². The topological polar surface area (TPSA) is 47.7 Å². The standard InChI is InChI=1S/C16H24N2O2/c1-2-18(8-12-4-3-5-12)9-13-6-15(17)7-14-10-19-11-20-16(13)14/h6-7,12H,2-5,8-11,17H2,1H3. The molecule has 1 heterocycles. The highest BCUT2D eigenvalue weighted by molar-refractivity contribution is 5.53. The van der Waals surface area contributed by atoms with Gasteiger partial charge in [0, 0.05) is 29.9 Å². The highest BCUT2D eigenvalue weighted by atomic mass is 16.7. The molecule has 0 amide bonds. The molecule has 0 aromatic heterocycles. The fraction of sp³-hybridized carbons (Fsp3) is 0.625. The number of nitrogens with zero attached hydrogens (tertiary/aromatic N) is 1. The zero-order valence-electron chi connectivity index (χ0n) is 12.2. The number of benzene rings is 1. The van der Waals surface area contributed by atoms with Gasteiger partial charge in [-0.05, 0) is 37.4 Å². The molecule has 20 heavy (non-hydrogen) atoms. The molecular formula is C16H24N2O2. The van der Waals surface area contributed by atoms with Gasteiger partial charge in [0.15, 0.2) is 6.79 Å². The monoisotopic (exact) mass is 276 g/mol. The maximum atomic E-state index is 6.01. The van der Waals surface area contributed by atoms with Crippen molar-refractivity contribution < 1.29 is 9.47 Å². The molecule has 0 spiro atoms. The lowest BCUT2D eigenvalue weighted by Crippen LogP contribution is -2.32. The second kappa shape index (κ2) is 6.02. The highest BCUT2D eigenvalue weighted by Gasteiger charge is 2.22. The van der Waals surface area contributed by atoms with Gasteiger partial charge in [-0.1, -0.05) is 13.3 Å². The second-order valence-corrected chi connectivity index (χ2v) is 5.90. The van der Waals surface area contributed by atoms with Gasteiger partial charge < -0.3 is 15.2 Å². The number of anilines is 1. The summed E-state index contributed by atoms with van der Waals surface area (Å²) < 4.78 is 11.0. The number of nitrogens with two attached hydrogens (primary N) is 1. The van der Waals surface area contributed by atoms with Crippen molar-refractivity contribution in [2.45, 2.75) is 39.3 Å². The van der Waals surface area contributed by atoms with E-state index in [0.29, 0.717) is 13.4 Å². The molecule has 1 aliphatic heterocycles. The molecule has 0 bridgehead atoms. The fourth-order valence-electron chi connectivity index (χ4n) is 3.03. The first kappa shape index (κ1) is 13.7. The van der Waals surface area contributed by atoms with Crippen molar-refractivity contribution in [2.24, 2.45) is 5.92 Å². The first-order valence-corrected chi connectivity index (χ1v) is 7.60. The third kappa shape index (κ3) is 2.91. The van der Waals surface area contributed by atoms with E-state index in [2.05, 4.69) is 11.8 Å². The van der Waals surface area contributed by atoms with Gasteiger partial charge in [-0.25, -0.2) is 0 Å². The summed E-state index contributed by atoms with van der Waals surface area (Å²) in [6.45, 7) is 6.34. The Morgan fingerprint density at radius 1 is 1.35 bits per heavy atom. The molecule has 0 radical (unpaired) electrons. The van der Waals surface area contributed by atoms with Crippen LogP contribution in [0.1, 0.15) is 37.3 Å². The van der Waals surface area contributed by atoms with Crippen LogP contribution in [0.2, 0.25) is 0 Å². The Kier molecular flexibility index (Phi) is 4.13. The van der Waals surface area contributed by atoms with Gasteiger partial charge in [-0.2, -0.15) is 0 Å². The number of hydrogen-bond donors (Lipinski definition) is 1. The molecule has 2 aliphatic rings. The normalized spacial score (nSPS) is 18.5. The molecule has 3 rings (SSSR count). The third-order valence-corrected chi connectivity index (χ3v) is 4.39. The van der Waals surface area contributed by atoms with Gasteiger partial charge in [0.25, 0.3) is 0 Å². The SMILES string of the molecule is CCN(Cc1cc(N)cc2c1OCOC2)CC1CCC1. The lowest BCUT2D eigenvalue weighted by Gasteiger charge is -2.32. The first-order chi connectivity index (χ1) is 9.76. The molecule has 2 N–H and O–H groups in total. The van der Waals surface area contributed by atoms with Crippen LogP contribution in [-0.4, -0.2) is 24.8 Å². The Morgan fingerprint density at radius 2 is 2.20 bits per heavy atom. The predicted molar refractivity (Wildman–Crippen MR) is 79.4 cm³/mol. The van der Waals surface area contributed by atoms with Gasteiger partial charge in [0.05, 0.1) is 6.61 Å². The Balaban J connectivity index is 1.76. The summed E-state index contributed by atoms with van der Waals surface area (Å²) in [5.41, 5.74) is 9.08. The molecule has 0 atom stereocenters. The number of ether oxygens (including phenoxy) is 2. The molecule has 1 fully saturated rings. The summed E-state index contributed by atoms with van der Waals surface area (Å²) in [4.78, 5) is 2.50. The van der Waals surface area contributed by atoms with E-state index in [1.54, 1.807) is 0 Å². The average molecular weight is 276 g/mol. The number of hydrogen-bond acceptors (Lipinski definition) is 4. The van der Waals surface area contributed by atoms with Crippen LogP contribution in [0.5, 0.6) is 5.75 Å². The van der Waals surface area contributed by atoms with Gasteiger partial charge in [-0.3, -0.25) is 4.90 Å². The van der Waals surface area contributed by atoms with Crippen molar-refractivity contribution in [3.05, 3.63) is 23.3 Å². The van der Waals surface area contributed by atoms with Crippen LogP contribution in [0.25, 0.3) is 0 Å². The van der Waals surface area contributed by atoms with Crippen LogP contribution in [0.4, 0.5) is 5.69 Å². The van der Waals surface area contributed by atoms with E-state index in [9.17, 15) is 0 Å². The van der Waals surface area contributed by atoms with Crippen molar-refractivity contribution in [2.75, 3.05) is 25.6 Å². The number of fused-ring (bicyclic) bond motifs is 1. The van der Waals surface area contributed by atoms with E-state index in [4.69, 9.17) is 15.2 Å². The van der Waals surface area contributed by atoms with Gasteiger partial charge in [-0.15, -0.1) is 0 Å². The maximum absolute atomic E-state index is 6.01. The minimum Gasteiger partial charge on any atom is -0.467 e. The Labute approximate surface area is 120 Å². The zero-order valence-corrected chi connectivity index (χ0v) is 12.2. The minimum atomic E-state index is 0.346. The van der Waals surface area contributed by atoms with E-state index < -0.39 is 0 Å². The van der Waals surface area contributed by atoms with Gasteiger partial charge >= 0.3 is 0 Å². The van der Waals surface area contributed by atoms with Crippen LogP contribution in [0.3, 0.4) is 0 Å². The number of nitrogen functional groups attached to an aromatic ring is 1. The predicted octanol–water partition coefficient (Wildman–Crippen LogP) is 2.76. The van der Waals surface area contributed by atoms with Gasteiger partial charge in [0.2, 0.25) is 0 Å². The van der Waals surface area contributed by atoms with E-state index in [1.165, 1.54) is 31.4 Å². The summed E-state index contributed by atoms with van der Waals surface area (Å²) in [6, 6.07) is 4.01. The largest absolute Gasteiger partial charge is 0.467 e. The van der Waals surface area contributed by atoms with Crippen molar-refractivity contribution in [1.82, 2.24) is 4.90 Å². The van der Waals surface area contributed by atoms with Crippen molar-refractivity contribution >= 4 is 5.69 Å². The molecule has 1 aromatic carbocycles. The second-order valence-electron chi connectivity index (χ2n) is 5.90. The first-order valence-electron chi connectivity index (χ1n) is 7.60. The van der Waals surface area contributed by atoms with E-state index in [-0.39, 0.29) is 0 Å². The average Bonchev–Trinajstić information content (AvgIpc) is 2.41. The summed E-state index contributed by atoms with van der Waals surface area (Å²) >= 11 is 0. The van der Waals surface area contributed by atoms with E-state index in [1.807, 2.05) is 12.1 Å². The fourth-order valence-corrected chi connectivity index (χ4v) is 3.03. The minimum absolute atomic E-state index is 0.346. The molecule has 1 aliphatic carbocycles. The van der Waals surface area contributed by atoms with Crippen molar-refractivity contribution in [1.29, 1.82) is 0 Å². The Bertz CT molecular complexity index is 472. The number of rotatable bonds is 5. The van der Waals surface area contributed by atoms with Crippen LogP contribution in [0, 0.1) is 5.92 Å². The van der Waals surface area contributed by atoms with E-state index in [0.717, 1.165) is 36.0 Å². The summed E-state index contributed by atoms with van der Waals surface area (Å²) in [6.07, 6.45) is 4.17. The molecule has 4 heteroatoms. The molecule has 0 unspecified atom stereocenters. The van der Waals surface area contributed by atoms with Crippen molar-refractivity contribution in [3.63, 3.8) is 0 Å². The zero-order chi connectivity index (χ0) is 13.9. The lowest BCUT2D eigenvalue weighted by atomic mass is 9.85. The van der Waals surface area contributed by atoms with Crippen LogP contribution >= 0.6 is 0 Å². The quantitative estimate of drug-likeness (QED) is 0.840. The highest BCUT2D eigenvalue weighted by Crippen LogP contribution is 2.33. The Hall–Kier alpha value is -1.26. The van der Waals surface area contributed by atoms with Gasteiger partial charge in [0.1, 0.15) is 5.75 Å². The Morgan fingerprint density at radius 3 is 2.90 bits per heavy atom. The van der Waals surface area contributed by atoms with Crippen LogP contribution in [-0.2, 0) is 17.9 Å². The molecular weight excluding hydrogens is 252 g/mol. The van der Waals surface area contributed by atoms with Crippen LogP contribution in [0.15, 0.2) is 12.1 Å². The molecule has 4 nitrogen and oxygen atoms in total. The maximum Gasteiger partial charge on any atom is 0.189 e. The molecule has 0 saturated heterocycles. The molecule has 1 saturated carbocycles. The summed E-state index contributed by atoms with van der Waals surface area (Å²) in [5.74, 6) is 1.87. The molecule has 1 aromatic rings. The smallest absolute Gasteiger partial charge is 0.189 e. The lowest BCUT2D eigenvalue weighted by molar-refractivity contribution is -0.0175.